The van der Waals surface area contributed by atoms with Crippen LogP contribution in [0.4, 0.5) is 18.9 Å². The SMILES string of the molecule is CC(CNC(=O)COCC(F)(F)F)N(C)c1ccccc1. The molecule has 0 saturated carbocycles. The monoisotopic (exact) mass is 304 g/mol. The molecule has 0 spiro atoms. The lowest BCUT2D eigenvalue weighted by Gasteiger charge is -2.27. The van der Waals surface area contributed by atoms with Crippen molar-refractivity contribution in [3.8, 4) is 0 Å². The first-order valence-electron chi connectivity index (χ1n) is 6.48. The van der Waals surface area contributed by atoms with E-state index in [9.17, 15) is 18.0 Å². The Balaban J connectivity index is 2.29. The summed E-state index contributed by atoms with van der Waals surface area (Å²) in [5.41, 5.74) is 0.993. The number of hydrogen-bond donors (Lipinski definition) is 1. The van der Waals surface area contributed by atoms with Crippen LogP contribution in [0.5, 0.6) is 0 Å². The van der Waals surface area contributed by atoms with Gasteiger partial charge in [-0.05, 0) is 19.1 Å². The predicted octanol–water partition coefficient (Wildman–Crippen LogP) is 2.21. The molecule has 118 valence electrons. The van der Waals surface area contributed by atoms with E-state index >= 15 is 0 Å². The third kappa shape index (κ3) is 6.99. The van der Waals surface area contributed by atoms with E-state index in [2.05, 4.69) is 10.1 Å². The molecule has 1 unspecified atom stereocenters. The first-order valence-corrected chi connectivity index (χ1v) is 6.48. The maximum atomic E-state index is 11.9. The number of nitrogens with one attached hydrogen (secondary N) is 1. The van der Waals surface area contributed by atoms with Crippen molar-refractivity contribution in [1.29, 1.82) is 0 Å². The smallest absolute Gasteiger partial charge is 0.370 e. The quantitative estimate of drug-likeness (QED) is 0.840. The average Bonchev–Trinajstić information content (AvgIpc) is 2.43. The van der Waals surface area contributed by atoms with Gasteiger partial charge in [-0.2, -0.15) is 13.2 Å². The Hall–Kier alpha value is -1.76. The molecule has 1 N–H and O–H groups in total. The number of ether oxygens (including phenoxy) is 1. The Bertz CT molecular complexity index is 438. The number of likely N-dealkylation sites (N-methyl/N-ethyl adjacent to an activating group) is 1. The molecule has 0 radical (unpaired) electrons. The van der Waals surface area contributed by atoms with Gasteiger partial charge >= 0.3 is 6.18 Å². The van der Waals surface area contributed by atoms with E-state index in [1.165, 1.54) is 0 Å². The first kappa shape index (κ1) is 17.3. The van der Waals surface area contributed by atoms with Crippen molar-refractivity contribution in [3.05, 3.63) is 30.3 Å². The molecular weight excluding hydrogens is 285 g/mol. The molecule has 0 aromatic heterocycles. The number of carbonyl (C=O) groups excluding carboxylic acids is 1. The number of hydrogen-bond acceptors (Lipinski definition) is 3. The maximum absolute atomic E-state index is 11.9. The lowest BCUT2D eigenvalue weighted by molar-refractivity contribution is -0.175. The standard InChI is InChI=1S/C14H19F3N2O2/c1-11(19(2)12-6-4-3-5-7-12)8-18-13(20)9-21-10-14(15,16)17/h3-7,11H,8-10H2,1-2H3,(H,18,20). The summed E-state index contributed by atoms with van der Waals surface area (Å²) in [4.78, 5) is 13.3. The predicted molar refractivity (Wildman–Crippen MR) is 74.2 cm³/mol. The highest BCUT2D eigenvalue weighted by atomic mass is 19.4. The molecule has 0 aliphatic rings. The fraction of sp³-hybridized carbons (Fsp3) is 0.500. The normalized spacial score (nSPS) is 12.8. The maximum Gasteiger partial charge on any atom is 0.411 e. The highest BCUT2D eigenvalue weighted by Gasteiger charge is 2.27. The molecule has 7 heteroatoms. The summed E-state index contributed by atoms with van der Waals surface area (Å²) in [6.45, 7) is 0.213. The molecule has 0 aliphatic carbocycles. The van der Waals surface area contributed by atoms with Crippen molar-refractivity contribution in [3.63, 3.8) is 0 Å². The second-order valence-corrected chi connectivity index (χ2v) is 4.71. The summed E-state index contributed by atoms with van der Waals surface area (Å²) in [6.07, 6.45) is -4.42. The van der Waals surface area contributed by atoms with E-state index in [1.54, 1.807) is 0 Å². The van der Waals surface area contributed by atoms with E-state index in [4.69, 9.17) is 0 Å². The fourth-order valence-electron chi connectivity index (χ4n) is 1.63. The van der Waals surface area contributed by atoms with Gasteiger partial charge in [0.25, 0.3) is 0 Å². The molecule has 1 rings (SSSR count). The molecule has 0 heterocycles. The van der Waals surface area contributed by atoms with Gasteiger partial charge in [0.15, 0.2) is 0 Å². The number of para-hydroxylation sites is 1. The van der Waals surface area contributed by atoms with E-state index in [-0.39, 0.29) is 6.04 Å². The van der Waals surface area contributed by atoms with Gasteiger partial charge in [-0.3, -0.25) is 4.79 Å². The van der Waals surface area contributed by atoms with Crippen LogP contribution in [-0.4, -0.2) is 44.9 Å². The van der Waals surface area contributed by atoms with Crippen molar-refractivity contribution >= 4 is 11.6 Å². The summed E-state index contributed by atoms with van der Waals surface area (Å²) in [7, 11) is 1.88. The zero-order valence-electron chi connectivity index (χ0n) is 12.0. The van der Waals surface area contributed by atoms with Crippen molar-refractivity contribution in [2.24, 2.45) is 0 Å². The van der Waals surface area contributed by atoms with Crippen LogP contribution in [0.25, 0.3) is 0 Å². The molecule has 1 amide bonds. The first-order chi connectivity index (χ1) is 9.79. The van der Waals surface area contributed by atoms with Crippen molar-refractivity contribution in [2.75, 3.05) is 31.7 Å². The van der Waals surface area contributed by atoms with Gasteiger partial charge in [0.05, 0.1) is 0 Å². The lowest BCUT2D eigenvalue weighted by atomic mass is 10.2. The Labute approximate surface area is 121 Å². The van der Waals surface area contributed by atoms with Gasteiger partial charge in [0.2, 0.25) is 5.91 Å². The number of anilines is 1. The molecule has 1 aromatic rings. The third-order valence-electron chi connectivity index (χ3n) is 2.92. The number of rotatable bonds is 7. The van der Waals surface area contributed by atoms with Crippen molar-refractivity contribution in [1.82, 2.24) is 5.32 Å². The molecule has 0 fully saturated rings. The number of alkyl halides is 3. The van der Waals surface area contributed by atoms with Crippen LogP contribution < -0.4 is 10.2 Å². The number of nitrogens with zero attached hydrogens (tertiary/aromatic N) is 1. The van der Waals surface area contributed by atoms with Crippen molar-refractivity contribution in [2.45, 2.75) is 19.1 Å². The minimum Gasteiger partial charge on any atom is -0.370 e. The van der Waals surface area contributed by atoms with Crippen LogP contribution in [-0.2, 0) is 9.53 Å². The Morgan fingerprint density at radius 1 is 1.33 bits per heavy atom. The van der Waals surface area contributed by atoms with Crippen molar-refractivity contribution < 1.29 is 22.7 Å². The van der Waals surface area contributed by atoms with Crippen LogP contribution in [0.15, 0.2) is 30.3 Å². The number of carbonyl (C=O) groups is 1. The Morgan fingerprint density at radius 3 is 2.52 bits per heavy atom. The van der Waals surface area contributed by atoms with Crippen LogP contribution in [0.1, 0.15) is 6.92 Å². The largest absolute Gasteiger partial charge is 0.411 e. The number of amides is 1. The Morgan fingerprint density at radius 2 is 1.95 bits per heavy atom. The summed E-state index contributed by atoms with van der Waals surface area (Å²) in [5.74, 6) is -0.562. The molecule has 0 saturated heterocycles. The zero-order chi connectivity index (χ0) is 15.9. The molecule has 0 bridgehead atoms. The van der Waals surface area contributed by atoms with Gasteiger partial charge in [0, 0.05) is 25.3 Å². The molecule has 21 heavy (non-hydrogen) atoms. The van der Waals surface area contributed by atoms with Gasteiger partial charge in [-0.25, -0.2) is 0 Å². The van der Waals surface area contributed by atoms with E-state index in [1.807, 2.05) is 49.2 Å². The van der Waals surface area contributed by atoms with Gasteiger partial charge in [-0.15, -0.1) is 0 Å². The second kappa shape index (κ2) is 7.87. The molecule has 1 aromatic carbocycles. The number of halogens is 3. The summed E-state index contributed by atoms with van der Waals surface area (Å²) in [5, 5.41) is 2.55. The second-order valence-electron chi connectivity index (χ2n) is 4.71. The third-order valence-corrected chi connectivity index (χ3v) is 2.92. The van der Waals surface area contributed by atoms with Crippen LogP contribution in [0, 0.1) is 0 Å². The summed E-state index contributed by atoms with van der Waals surface area (Å²) < 4.78 is 39.8. The van der Waals surface area contributed by atoms with Gasteiger partial charge in [0.1, 0.15) is 13.2 Å². The number of benzene rings is 1. The minimum absolute atomic E-state index is 0.000957. The van der Waals surface area contributed by atoms with Gasteiger partial charge in [-0.1, -0.05) is 18.2 Å². The summed E-state index contributed by atoms with van der Waals surface area (Å²) in [6, 6.07) is 9.58. The minimum atomic E-state index is -4.42. The Kier molecular flexibility index (Phi) is 6.48. The highest BCUT2D eigenvalue weighted by Crippen LogP contribution is 2.14. The van der Waals surface area contributed by atoms with Crippen LogP contribution >= 0.6 is 0 Å². The lowest BCUT2D eigenvalue weighted by Crippen LogP contribution is -2.41. The molecule has 1 atom stereocenters. The zero-order valence-corrected chi connectivity index (χ0v) is 12.0. The molecule has 4 nitrogen and oxygen atoms in total. The van der Waals surface area contributed by atoms with Gasteiger partial charge < -0.3 is 15.0 Å². The molecular formula is C14H19F3N2O2. The van der Waals surface area contributed by atoms with E-state index in [0.717, 1.165) is 5.69 Å². The van der Waals surface area contributed by atoms with E-state index < -0.39 is 25.3 Å². The topological polar surface area (TPSA) is 41.6 Å². The highest BCUT2D eigenvalue weighted by molar-refractivity contribution is 5.77. The van der Waals surface area contributed by atoms with E-state index in [0.29, 0.717) is 6.54 Å². The van der Waals surface area contributed by atoms with Crippen LogP contribution in [0.3, 0.4) is 0 Å². The molecule has 0 aliphatic heterocycles. The fourth-order valence-corrected chi connectivity index (χ4v) is 1.63. The van der Waals surface area contributed by atoms with Crippen LogP contribution in [0.2, 0.25) is 0 Å². The summed E-state index contributed by atoms with van der Waals surface area (Å²) >= 11 is 0. The average molecular weight is 304 g/mol.